The van der Waals surface area contributed by atoms with E-state index in [2.05, 4.69) is 39.5 Å². The summed E-state index contributed by atoms with van der Waals surface area (Å²) in [6.45, 7) is 11.7. The molecule has 2 nitrogen and oxygen atoms in total. The zero-order valence-electron chi connectivity index (χ0n) is 11.4. The topological polar surface area (TPSA) is 29.5 Å². The smallest absolute Gasteiger partial charge is 0.0824 e. The summed E-state index contributed by atoms with van der Waals surface area (Å²) in [7, 11) is 0. The Labute approximate surface area is 105 Å². The fourth-order valence-corrected chi connectivity index (χ4v) is 2.08. The van der Waals surface area contributed by atoms with E-state index in [-0.39, 0.29) is 12.2 Å². The summed E-state index contributed by atoms with van der Waals surface area (Å²) in [5.74, 6) is 0. The van der Waals surface area contributed by atoms with Crippen LogP contribution in [0, 0.1) is 0 Å². The molecule has 0 fully saturated rings. The molecule has 17 heavy (non-hydrogen) atoms. The summed E-state index contributed by atoms with van der Waals surface area (Å²) >= 11 is 0. The molecule has 2 heteroatoms. The Morgan fingerprint density at radius 3 is 2.82 bits per heavy atom. The molecule has 0 bridgehead atoms. The van der Waals surface area contributed by atoms with E-state index in [4.69, 9.17) is 4.74 Å². The highest BCUT2D eigenvalue weighted by Crippen LogP contribution is 2.26. The van der Waals surface area contributed by atoms with Gasteiger partial charge >= 0.3 is 0 Å². The maximum absolute atomic E-state index is 9.99. The Kier molecular flexibility index (Phi) is 4.72. The van der Waals surface area contributed by atoms with Crippen LogP contribution in [0.5, 0.6) is 0 Å². The monoisotopic (exact) mass is 236 g/mol. The summed E-state index contributed by atoms with van der Waals surface area (Å²) in [5, 5.41) is 9.99. The van der Waals surface area contributed by atoms with Crippen molar-refractivity contribution in [3.63, 3.8) is 0 Å². The molecule has 1 heterocycles. The second-order valence-corrected chi connectivity index (χ2v) is 5.44. The summed E-state index contributed by atoms with van der Waals surface area (Å²) in [4.78, 5) is 0. The van der Waals surface area contributed by atoms with Crippen LogP contribution in [0.15, 0.2) is 36.0 Å². The van der Waals surface area contributed by atoms with Crippen LogP contribution in [0.4, 0.5) is 0 Å². The van der Waals surface area contributed by atoms with Gasteiger partial charge in [-0.25, -0.2) is 0 Å². The summed E-state index contributed by atoms with van der Waals surface area (Å²) in [6, 6.07) is 0. The Morgan fingerprint density at radius 1 is 1.65 bits per heavy atom. The molecule has 1 aliphatic heterocycles. The molecular formula is C15H24O2. The Bertz CT molecular complexity index is 333. The number of hydrogen-bond donors (Lipinski definition) is 1. The van der Waals surface area contributed by atoms with E-state index in [1.807, 2.05) is 0 Å². The van der Waals surface area contributed by atoms with Gasteiger partial charge in [-0.1, -0.05) is 29.4 Å². The molecule has 1 N–H and O–H groups in total. The zero-order valence-corrected chi connectivity index (χ0v) is 11.4. The molecule has 96 valence electrons. The van der Waals surface area contributed by atoms with Crippen LogP contribution < -0.4 is 0 Å². The van der Waals surface area contributed by atoms with Crippen molar-refractivity contribution in [2.24, 2.45) is 0 Å². The van der Waals surface area contributed by atoms with Crippen molar-refractivity contribution in [1.82, 2.24) is 0 Å². The van der Waals surface area contributed by atoms with Gasteiger partial charge in [-0.15, -0.1) is 6.58 Å². The number of rotatable bonds is 4. The normalized spacial score (nSPS) is 27.9. The van der Waals surface area contributed by atoms with E-state index in [0.717, 1.165) is 6.42 Å². The van der Waals surface area contributed by atoms with Crippen molar-refractivity contribution in [1.29, 1.82) is 0 Å². The minimum Gasteiger partial charge on any atom is -0.386 e. The van der Waals surface area contributed by atoms with Crippen LogP contribution in [0.25, 0.3) is 0 Å². The van der Waals surface area contributed by atoms with Gasteiger partial charge in [0.2, 0.25) is 0 Å². The first-order valence-electron chi connectivity index (χ1n) is 6.16. The maximum Gasteiger partial charge on any atom is 0.0824 e. The Balaban J connectivity index is 2.72. The van der Waals surface area contributed by atoms with Gasteiger partial charge in [0.05, 0.1) is 17.8 Å². The predicted molar refractivity (Wildman–Crippen MR) is 71.9 cm³/mol. The maximum atomic E-state index is 9.99. The van der Waals surface area contributed by atoms with Crippen molar-refractivity contribution < 1.29 is 9.84 Å². The van der Waals surface area contributed by atoms with E-state index in [9.17, 15) is 5.11 Å². The van der Waals surface area contributed by atoms with Crippen molar-refractivity contribution in [3.05, 3.63) is 36.0 Å². The molecule has 0 aromatic rings. The van der Waals surface area contributed by atoms with Crippen LogP contribution in [0.3, 0.4) is 0 Å². The third-order valence-electron chi connectivity index (χ3n) is 2.92. The van der Waals surface area contributed by atoms with E-state index in [0.29, 0.717) is 6.42 Å². The lowest BCUT2D eigenvalue weighted by Crippen LogP contribution is -2.32. The molecule has 0 aliphatic carbocycles. The average molecular weight is 236 g/mol. The van der Waals surface area contributed by atoms with Gasteiger partial charge in [0, 0.05) is 6.42 Å². The number of aliphatic hydroxyl groups is 1. The van der Waals surface area contributed by atoms with Gasteiger partial charge in [-0.05, 0) is 34.1 Å². The summed E-state index contributed by atoms with van der Waals surface area (Å²) < 4.78 is 5.94. The van der Waals surface area contributed by atoms with Crippen LogP contribution in [-0.4, -0.2) is 22.9 Å². The van der Waals surface area contributed by atoms with Crippen LogP contribution in [0.1, 0.15) is 40.5 Å². The third kappa shape index (κ3) is 4.88. The minimum atomic E-state index is -0.867. The van der Waals surface area contributed by atoms with Gasteiger partial charge in [0.25, 0.3) is 0 Å². The molecule has 1 unspecified atom stereocenters. The molecular weight excluding hydrogens is 212 g/mol. The molecule has 0 aromatic heterocycles. The molecule has 0 saturated carbocycles. The highest BCUT2D eigenvalue weighted by molar-refractivity contribution is 5.14. The molecule has 0 saturated heterocycles. The van der Waals surface area contributed by atoms with Gasteiger partial charge in [0.15, 0.2) is 0 Å². The van der Waals surface area contributed by atoms with Gasteiger partial charge < -0.3 is 9.84 Å². The van der Waals surface area contributed by atoms with Gasteiger partial charge in [-0.2, -0.15) is 0 Å². The first kappa shape index (κ1) is 14.2. The highest BCUT2D eigenvalue weighted by atomic mass is 16.5. The van der Waals surface area contributed by atoms with Crippen molar-refractivity contribution in [2.45, 2.75) is 58.3 Å². The lowest BCUT2D eigenvalue weighted by atomic mass is 9.94. The SMILES string of the molecule is C=CC(C)(O)C[C@H]1C=C(C)C[C@@H](C=C(C)C)O1. The summed E-state index contributed by atoms with van der Waals surface area (Å²) in [6.07, 6.45) is 7.43. The van der Waals surface area contributed by atoms with E-state index in [1.165, 1.54) is 11.1 Å². The van der Waals surface area contributed by atoms with E-state index in [1.54, 1.807) is 13.0 Å². The Morgan fingerprint density at radius 2 is 2.29 bits per heavy atom. The van der Waals surface area contributed by atoms with Crippen LogP contribution >= 0.6 is 0 Å². The fraction of sp³-hybridized carbons (Fsp3) is 0.600. The lowest BCUT2D eigenvalue weighted by Gasteiger charge is -2.31. The number of allylic oxidation sites excluding steroid dienone is 1. The minimum absolute atomic E-state index is 0.0302. The second kappa shape index (κ2) is 5.65. The van der Waals surface area contributed by atoms with Crippen LogP contribution in [-0.2, 0) is 4.74 Å². The van der Waals surface area contributed by atoms with Crippen molar-refractivity contribution >= 4 is 0 Å². The molecule has 1 aliphatic rings. The Hall–Kier alpha value is -0.860. The number of ether oxygens (including phenoxy) is 1. The van der Waals surface area contributed by atoms with E-state index < -0.39 is 5.60 Å². The predicted octanol–water partition coefficient (Wildman–Crippen LogP) is 3.38. The molecule has 0 aromatic carbocycles. The van der Waals surface area contributed by atoms with Gasteiger partial charge in [-0.3, -0.25) is 0 Å². The second-order valence-electron chi connectivity index (χ2n) is 5.44. The molecule has 3 atom stereocenters. The molecule has 1 rings (SSSR count). The largest absolute Gasteiger partial charge is 0.386 e. The van der Waals surface area contributed by atoms with E-state index >= 15 is 0 Å². The first-order valence-corrected chi connectivity index (χ1v) is 6.16. The quantitative estimate of drug-likeness (QED) is 0.758. The fourth-order valence-electron chi connectivity index (χ4n) is 2.08. The zero-order chi connectivity index (χ0) is 13.1. The van der Waals surface area contributed by atoms with Gasteiger partial charge in [0.1, 0.15) is 0 Å². The first-order chi connectivity index (χ1) is 7.82. The molecule has 0 radical (unpaired) electrons. The molecule has 0 amide bonds. The van der Waals surface area contributed by atoms with Crippen LogP contribution in [0.2, 0.25) is 0 Å². The highest BCUT2D eigenvalue weighted by Gasteiger charge is 2.26. The van der Waals surface area contributed by atoms with Crippen molar-refractivity contribution in [3.8, 4) is 0 Å². The summed E-state index contributed by atoms with van der Waals surface area (Å²) in [5.41, 5.74) is 1.72. The lowest BCUT2D eigenvalue weighted by molar-refractivity contribution is -0.0158. The number of hydrogen-bond acceptors (Lipinski definition) is 2. The standard InChI is InChI=1S/C15H24O2/c1-6-15(5,16)10-14-9-12(4)8-13(17-14)7-11(2)3/h6-7,9,13-14,16H,1,8,10H2,2-5H3/t13-,14-,15?/m1/s1. The average Bonchev–Trinajstić information content (AvgIpc) is 2.14. The third-order valence-corrected chi connectivity index (χ3v) is 2.92. The van der Waals surface area contributed by atoms with Crippen molar-refractivity contribution in [2.75, 3.05) is 0 Å². The molecule has 0 spiro atoms.